The molecular weight excluding hydrogens is 344 g/mol. The lowest BCUT2D eigenvalue weighted by Crippen LogP contribution is -2.62. The van der Waals surface area contributed by atoms with Gasteiger partial charge in [-0.25, -0.2) is 0 Å². The third kappa shape index (κ3) is 4.27. The molecule has 2 fully saturated rings. The van der Waals surface area contributed by atoms with E-state index >= 15 is 0 Å². The van der Waals surface area contributed by atoms with E-state index in [4.69, 9.17) is 16.3 Å². The highest BCUT2D eigenvalue weighted by atomic mass is 35.5. The molecule has 2 atom stereocenters. The van der Waals surface area contributed by atoms with Crippen LogP contribution in [0.15, 0.2) is 36.6 Å². The molecule has 1 aromatic rings. The number of benzene rings is 1. The van der Waals surface area contributed by atoms with Crippen LogP contribution < -0.4 is 0 Å². The average molecular weight is 375 g/mol. The first-order valence-electron chi connectivity index (χ1n) is 10.4. The smallest absolute Gasteiger partial charge is 0.127 e. The van der Waals surface area contributed by atoms with E-state index in [1.54, 1.807) is 0 Å². The fourth-order valence-corrected chi connectivity index (χ4v) is 5.09. The van der Waals surface area contributed by atoms with Crippen LogP contribution in [-0.4, -0.2) is 41.2 Å². The molecule has 2 aliphatic heterocycles. The predicted octanol–water partition coefficient (Wildman–Crippen LogP) is 5.20. The van der Waals surface area contributed by atoms with E-state index in [1.165, 1.54) is 50.6 Å². The van der Waals surface area contributed by atoms with Crippen molar-refractivity contribution in [2.24, 2.45) is 0 Å². The molecule has 142 valence electrons. The van der Waals surface area contributed by atoms with Crippen LogP contribution in [0.5, 0.6) is 0 Å². The summed E-state index contributed by atoms with van der Waals surface area (Å²) in [7, 11) is 0. The lowest BCUT2D eigenvalue weighted by molar-refractivity contribution is -0.106. The second kappa shape index (κ2) is 8.77. The minimum atomic E-state index is 0.287. The van der Waals surface area contributed by atoms with Crippen molar-refractivity contribution in [2.45, 2.75) is 76.2 Å². The van der Waals surface area contributed by atoms with Crippen LogP contribution in [0.25, 0.3) is 0 Å². The van der Waals surface area contributed by atoms with Crippen molar-refractivity contribution in [3.05, 3.63) is 47.2 Å². The van der Waals surface area contributed by atoms with Crippen LogP contribution in [0.1, 0.15) is 56.9 Å². The van der Waals surface area contributed by atoms with Gasteiger partial charge in [0.25, 0.3) is 0 Å². The topological polar surface area (TPSA) is 15.7 Å². The number of nitrogens with zero attached hydrogens (tertiary/aromatic N) is 2. The normalized spacial score (nSPS) is 28.8. The number of hydrogen-bond donors (Lipinski definition) is 0. The summed E-state index contributed by atoms with van der Waals surface area (Å²) < 4.78 is 6.14. The second-order valence-corrected chi connectivity index (χ2v) is 8.45. The Kier molecular flexibility index (Phi) is 6.19. The van der Waals surface area contributed by atoms with Crippen molar-refractivity contribution in [2.75, 3.05) is 13.1 Å². The van der Waals surface area contributed by atoms with E-state index in [1.807, 2.05) is 18.4 Å². The van der Waals surface area contributed by atoms with Crippen LogP contribution in [0, 0.1) is 0 Å². The van der Waals surface area contributed by atoms with E-state index in [0.717, 1.165) is 37.0 Å². The summed E-state index contributed by atoms with van der Waals surface area (Å²) in [6.45, 7) is 3.35. The average Bonchev–Trinajstić information content (AvgIpc) is 2.71. The number of hydrogen-bond acceptors (Lipinski definition) is 3. The molecule has 26 heavy (non-hydrogen) atoms. The van der Waals surface area contributed by atoms with Crippen molar-refractivity contribution < 1.29 is 4.74 Å². The third-order valence-electron chi connectivity index (χ3n) is 6.22. The van der Waals surface area contributed by atoms with Crippen molar-refractivity contribution >= 4 is 11.6 Å². The number of rotatable bonds is 4. The van der Waals surface area contributed by atoms with Crippen molar-refractivity contribution in [3.63, 3.8) is 0 Å². The summed E-state index contributed by atoms with van der Waals surface area (Å²) in [5.74, 6) is 0. The molecule has 0 bridgehead atoms. The summed E-state index contributed by atoms with van der Waals surface area (Å²) >= 11 is 6.08. The minimum Gasteiger partial charge on any atom is -0.495 e. The van der Waals surface area contributed by atoms with Gasteiger partial charge < -0.3 is 4.74 Å². The maximum absolute atomic E-state index is 6.14. The molecule has 4 rings (SSSR count). The summed E-state index contributed by atoms with van der Waals surface area (Å²) in [6, 6.07) is 9.08. The molecule has 1 aromatic carbocycles. The first kappa shape index (κ1) is 18.3. The van der Waals surface area contributed by atoms with Crippen molar-refractivity contribution in [3.8, 4) is 0 Å². The van der Waals surface area contributed by atoms with Crippen LogP contribution in [0.3, 0.4) is 0 Å². The third-order valence-corrected chi connectivity index (χ3v) is 6.47. The SMILES string of the molecule is Clc1ccc(CN2CCCN(C3CCCCC3)[C@@H]2[C@@H]2CCC=CO2)cc1. The highest BCUT2D eigenvalue weighted by Gasteiger charge is 2.40. The lowest BCUT2D eigenvalue weighted by Gasteiger charge is -2.51. The quantitative estimate of drug-likeness (QED) is 0.720. The molecule has 4 heteroatoms. The van der Waals surface area contributed by atoms with Crippen molar-refractivity contribution in [1.29, 1.82) is 0 Å². The van der Waals surface area contributed by atoms with Gasteiger partial charge in [-0.1, -0.05) is 43.0 Å². The zero-order valence-corrected chi connectivity index (χ0v) is 16.4. The minimum absolute atomic E-state index is 0.287. The molecule has 0 N–H and O–H groups in total. The Labute approximate surface area is 162 Å². The Morgan fingerprint density at radius 3 is 2.50 bits per heavy atom. The van der Waals surface area contributed by atoms with Crippen LogP contribution >= 0.6 is 11.6 Å². The second-order valence-electron chi connectivity index (χ2n) is 8.02. The Hall–Kier alpha value is -1.03. The molecule has 2 heterocycles. The molecule has 0 radical (unpaired) electrons. The van der Waals surface area contributed by atoms with Gasteiger partial charge in [0, 0.05) is 30.7 Å². The van der Waals surface area contributed by atoms with E-state index in [2.05, 4.69) is 28.0 Å². The summed E-state index contributed by atoms with van der Waals surface area (Å²) in [5, 5.41) is 0.813. The summed E-state index contributed by atoms with van der Waals surface area (Å²) in [6.07, 6.45) is 15.2. The Morgan fingerprint density at radius 2 is 1.77 bits per heavy atom. The molecule has 1 saturated heterocycles. The van der Waals surface area contributed by atoms with Gasteiger partial charge in [-0.15, -0.1) is 0 Å². The van der Waals surface area contributed by atoms with Gasteiger partial charge in [0.1, 0.15) is 12.3 Å². The van der Waals surface area contributed by atoms with Gasteiger partial charge in [0.2, 0.25) is 0 Å². The van der Waals surface area contributed by atoms with Gasteiger partial charge in [-0.3, -0.25) is 9.80 Å². The van der Waals surface area contributed by atoms with Gasteiger partial charge in [0.15, 0.2) is 0 Å². The molecule has 0 amide bonds. The Bertz CT molecular complexity index is 597. The van der Waals surface area contributed by atoms with Crippen LogP contribution in [0.2, 0.25) is 5.02 Å². The Balaban J connectivity index is 1.55. The van der Waals surface area contributed by atoms with Crippen LogP contribution in [-0.2, 0) is 11.3 Å². The van der Waals surface area contributed by atoms with E-state index in [-0.39, 0.29) is 6.10 Å². The first-order chi connectivity index (χ1) is 12.8. The van der Waals surface area contributed by atoms with Gasteiger partial charge in [-0.05, 0) is 55.9 Å². The zero-order chi connectivity index (χ0) is 17.8. The van der Waals surface area contributed by atoms with E-state index in [0.29, 0.717) is 6.17 Å². The van der Waals surface area contributed by atoms with Crippen molar-refractivity contribution in [1.82, 2.24) is 9.80 Å². The summed E-state index contributed by atoms with van der Waals surface area (Å²) in [5.41, 5.74) is 1.34. The maximum atomic E-state index is 6.14. The molecule has 3 aliphatic rings. The molecule has 1 aliphatic carbocycles. The molecule has 0 aromatic heterocycles. The standard InChI is InChI=1S/C22H31ClN2O/c23-19-12-10-18(11-13-19)17-24-14-6-15-25(20-7-2-1-3-8-20)22(24)21-9-4-5-16-26-21/h5,10-13,16,20-22H,1-4,6-9,14-15,17H2/t21-,22+/m0/s1. The largest absolute Gasteiger partial charge is 0.495 e. The van der Waals surface area contributed by atoms with E-state index < -0.39 is 0 Å². The van der Waals surface area contributed by atoms with E-state index in [9.17, 15) is 0 Å². The molecule has 0 unspecified atom stereocenters. The molecule has 3 nitrogen and oxygen atoms in total. The van der Waals surface area contributed by atoms with Gasteiger partial charge >= 0.3 is 0 Å². The highest BCUT2D eigenvalue weighted by Crippen LogP contribution is 2.32. The first-order valence-corrected chi connectivity index (χ1v) is 10.7. The Morgan fingerprint density at radius 1 is 0.962 bits per heavy atom. The predicted molar refractivity (Wildman–Crippen MR) is 107 cm³/mol. The maximum Gasteiger partial charge on any atom is 0.127 e. The molecule has 1 saturated carbocycles. The molecule has 0 spiro atoms. The lowest BCUT2D eigenvalue weighted by atomic mass is 9.91. The van der Waals surface area contributed by atoms with Gasteiger partial charge in [0.05, 0.1) is 6.26 Å². The number of allylic oxidation sites excluding steroid dienone is 1. The zero-order valence-electron chi connectivity index (χ0n) is 15.7. The molecular formula is C22H31ClN2O. The number of ether oxygens (including phenoxy) is 1. The van der Waals surface area contributed by atoms with Crippen LogP contribution in [0.4, 0.5) is 0 Å². The fourth-order valence-electron chi connectivity index (χ4n) is 4.96. The van der Waals surface area contributed by atoms with Gasteiger partial charge in [-0.2, -0.15) is 0 Å². The number of halogens is 1. The summed E-state index contributed by atoms with van der Waals surface area (Å²) in [4.78, 5) is 5.45. The highest BCUT2D eigenvalue weighted by molar-refractivity contribution is 6.30. The fraction of sp³-hybridized carbons (Fsp3) is 0.636. The monoisotopic (exact) mass is 374 g/mol.